The average molecular weight is 250 g/mol. The van der Waals surface area contributed by atoms with E-state index < -0.39 is 0 Å². The highest BCUT2D eigenvalue weighted by Gasteiger charge is 2.21. The van der Waals surface area contributed by atoms with Crippen LogP contribution in [0.5, 0.6) is 0 Å². The topological polar surface area (TPSA) is 15.3 Å². The predicted octanol–water partition coefficient (Wildman–Crippen LogP) is 2.92. The van der Waals surface area contributed by atoms with Crippen LogP contribution >= 0.6 is 0 Å². The Morgan fingerprint density at radius 3 is 2.56 bits per heavy atom. The standard InChI is InChI=1S/C15H23FN2/c1-4-15(2,3)12-5-6-13(16)14(11-12)18-9-7-17-8-10-18/h5-6,11,17H,4,7-10H2,1-3H3. The Hall–Kier alpha value is -1.09. The van der Waals surface area contributed by atoms with Crippen LogP contribution in [0.25, 0.3) is 0 Å². The van der Waals surface area contributed by atoms with Crippen LogP contribution in [-0.4, -0.2) is 26.2 Å². The van der Waals surface area contributed by atoms with Crippen LogP contribution in [0.1, 0.15) is 32.8 Å². The molecule has 3 heteroatoms. The number of rotatable bonds is 3. The maximum absolute atomic E-state index is 14.0. The van der Waals surface area contributed by atoms with Crippen molar-refractivity contribution in [2.24, 2.45) is 0 Å². The van der Waals surface area contributed by atoms with Crippen molar-refractivity contribution < 1.29 is 4.39 Å². The van der Waals surface area contributed by atoms with E-state index in [1.165, 1.54) is 5.56 Å². The number of nitrogens with zero attached hydrogens (tertiary/aromatic N) is 1. The molecule has 0 aliphatic carbocycles. The molecule has 1 aromatic carbocycles. The molecule has 0 spiro atoms. The summed E-state index contributed by atoms with van der Waals surface area (Å²) in [6, 6.07) is 5.57. The molecule has 18 heavy (non-hydrogen) atoms. The second-order valence-corrected chi connectivity index (χ2v) is 5.64. The zero-order valence-corrected chi connectivity index (χ0v) is 11.6. The molecule has 1 N–H and O–H groups in total. The van der Waals surface area contributed by atoms with Gasteiger partial charge in [0.25, 0.3) is 0 Å². The lowest BCUT2D eigenvalue weighted by Crippen LogP contribution is -2.44. The zero-order chi connectivity index (χ0) is 13.2. The van der Waals surface area contributed by atoms with Crippen molar-refractivity contribution in [2.45, 2.75) is 32.6 Å². The van der Waals surface area contributed by atoms with Crippen LogP contribution in [0.2, 0.25) is 0 Å². The summed E-state index contributed by atoms with van der Waals surface area (Å²) in [7, 11) is 0. The Labute approximate surface area is 109 Å². The summed E-state index contributed by atoms with van der Waals surface area (Å²) < 4.78 is 14.0. The first-order valence-corrected chi connectivity index (χ1v) is 6.80. The van der Waals surface area contributed by atoms with E-state index in [-0.39, 0.29) is 11.2 Å². The highest BCUT2D eigenvalue weighted by atomic mass is 19.1. The fraction of sp³-hybridized carbons (Fsp3) is 0.600. The molecule has 2 rings (SSSR count). The van der Waals surface area contributed by atoms with Crippen molar-refractivity contribution in [3.05, 3.63) is 29.6 Å². The summed E-state index contributed by atoms with van der Waals surface area (Å²) in [5.74, 6) is -0.104. The highest BCUT2D eigenvalue weighted by Crippen LogP contribution is 2.31. The molecule has 0 unspecified atom stereocenters. The molecular formula is C15H23FN2. The summed E-state index contributed by atoms with van der Waals surface area (Å²) in [5, 5.41) is 3.30. The molecule has 100 valence electrons. The Bertz CT molecular complexity index is 409. The monoisotopic (exact) mass is 250 g/mol. The Kier molecular flexibility index (Phi) is 3.91. The minimum absolute atomic E-state index is 0.104. The summed E-state index contributed by atoms with van der Waals surface area (Å²) in [4.78, 5) is 2.14. The second-order valence-electron chi connectivity index (χ2n) is 5.64. The van der Waals surface area contributed by atoms with Crippen molar-refractivity contribution in [3.8, 4) is 0 Å². The number of hydrogen-bond donors (Lipinski definition) is 1. The van der Waals surface area contributed by atoms with Crippen LogP contribution in [-0.2, 0) is 5.41 Å². The van der Waals surface area contributed by atoms with Gasteiger partial charge in [-0.15, -0.1) is 0 Å². The average Bonchev–Trinajstić information content (AvgIpc) is 2.40. The zero-order valence-electron chi connectivity index (χ0n) is 11.6. The van der Waals surface area contributed by atoms with Gasteiger partial charge >= 0.3 is 0 Å². The van der Waals surface area contributed by atoms with Crippen molar-refractivity contribution in [1.82, 2.24) is 5.32 Å². The smallest absolute Gasteiger partial charge is 0.146 e. The molecule has 2 nitrogen and oxygen atoms in total. The Balaban J connectivity index is 2.31. The number of hydrogen-bond acceptors (Lipinski definition) is 2. The van der Waals surface area contributed by atoms with Gasteiger partial charge in [0.1, 0.15) is 5.82 Å². The van der Waals surface area contributed by atoms with Gasteiger partial charge in [0.2, 0.25) is 0 Å². The SMILES string of the molecule is CCC(C)(C)c1ccc(F)c(N2CCNCC2)c1. The molecule has 0 saturated carbocycles. The van der Waals surface area contributed by atoms with E-state index >= 15 is 0 Å². The lowest BCUT2D eigenvalue weighted by atomic mass is 9.82. The van der Waals surface area contributed by atoms with Crippen molar-refractivity contribution in [3.63, 3.8) is 0 Å². The largest absolute Gasteiger partial charge is 0.367 e. The van der Waals surface area contributed by atoms with Gasteiger partial charge < -0.3 is 10.2 Å². The van der Waals surface area contributed by atoms with Crippen LogP contribution in [0.3, 0.4) is 0 Å². The van der Waals surface area contributed by atoms with Gasteiger partial charge in [0.15, 0.2) is 0 Å². The van der Waals surface area contributed by atoms with E-state index in [2.05, 4.69) is 31.0 Å². The van der Waals surface area contributed by atoms with Gasteiger partial charge in [-0.1, -0.05) is 26.8 Å². The van der Waals surface area contributed by atoms with Crippen LogP contribution in [0.15, 0.2) is 18.2 Å². The highest BCUT2D eigenvalue weighted by molar-refractivity contribution is 5.51. The van der Waals surface area contributed by atoms with E-state index in [9.17, 15) is 4.39 Å². The number of halogens is 1. The first-order chi connectivity index (χ1) is 8.54. The lowest BCUT2D eigenvalue weighted by molar-refractivity contribution is 0.503. The van der Waals surface area contributed by atoms with Crippen LogP contribution in [0, 0.1) is 5.82 Å². The fourth-order valence-electron chi connectivity index (χ4n) is 2.29. The quantitative estimate of drug-likeness (QED) is 0.887. The summed E-state index contributed by atoms with van der Waals surface area (Å²) >= 11 is 0. The Morgan fingerprint density at radius 1 is 1.28 bits per heavy atom. The molecule has 0 radical (unpaired) electrons. The van der Waals surface area contributed by atoms with Crippen molar-refractivity contribution in [2.75, 3.05) is 31.1 Å². The van der Waals surface area contributed by atoms with Gasteiger partial charge in [0, 0.05) is 26.2 Å². The number of anilines is 1. The molecule has 1 heterocycles. The van der Waals surface area contributed by atoms with E-state index in [1.807, 2.05) is 12.1 Å². The van der Waals surface area contributed by atoms with Crippen molar-refractivity contribution in [1.29, 1.82) is 0 Å². The molecule has 0 amide bonds. The second kappa shape index (κ2) is 5.27. The minimum atomic E-state index is -0.104. The molecule has 0 aromatic heterocycles. The maximum atomic E-state index is 14.0. The van der Waals surface area contributed by atoms with Crippen LogP contribution < -0.4 is 10.2 Å². The van der Waals surface area contributed by atoms with Gasteiger partial charge in [0.05, 0.1) is 5.69 Å². The number of benzene rings is 1. The van der Waals surface area contributed by atoms with Crippen molar-refractivity contribution >= 4 is 5.69 Å². The first-order valence-electron chi connectivity index (χ1n) is 6.80. The maximum Gasteiger partial charge on any atom is 0.146 e. The lowest BCUT2D eigenvalue weighted by Gasteiger charge is -2.31. The summed E-state index contributed by atoms with van der Waals surface area (Å²) in [6.45, 7) is 10.2. The number of piperazine rings is 1. The normalized spacial score (nSPS) is 17.0. The van der Waals surface area contributed by atoms with Crippen LogP contribution in [0.4, 0.5) is 10.1 Å². The summed E-state index contributed by atoms with van der Waals surface area (Å²) in [5.41, 5.74) is 2.09. The van der Waals surface area contributed by atoms with Gasteiger partial charge in [-0.3, -0.25) is 0 Å². The van der Waals surface area contributed by atoms with E-state index in [0.717, 1.165) is 38.3 Å². The minimum Gasteiger partial charge on any atom is -0.367 e. The molecular weight excluding hydrogens is 227 g/mol. The summed E-state index contributed by atoms with van der Waals surface area (Å²) in [6.07, 6.45) is 1.06. The van der Waals surface area contributed by atoms with Gasteiger partial charge in [-0.05, 0) is 29.5 Å². The van der Waals surface area contributed by atoms with E-state index in [1.54, 1.807) is 6.07 Å². The molecule has 1 aliphatic heterocycles. The fourth-order valence-corrected chi connectivity index (χ4v) is 2.29. The molecule has 1 aliphatic rings. The molecule has 1 fully saturated rings. The Morgan fingerprint density at radius 2 is 1.94 bits per heavy atom. The molecule has 0 atom stereocenters. The third-order valence-corrected chi connectivity index (χ3v) is 4.07. The van der Waals surface area contributed by atoms with Gasteiger partial charge in [-0.2, -0.15) is 0 Å². The van der Waals surface area contributed by atoms with Gasteiger partial charge in [-0.25, -0.2) is 4.39 Å². The number of nitrogens with one attached hydrogen (secondary N) is 1. The van der Waals surface area contributed by atoms with E-state index in [4.69, 9.17) is 0 Å². The molecule has 1 saturated heterocycles. The van der Waals surface area contributed by atoms with E-state index in [0.29, 0.717) is 0 Å². The molecule has 0 bridgehead atoms. The predicted molar refractivity (Wildman–Crippen MR) is 74.8 cm³/mol. The molecule has 1 aromatic rings. The third kappa shape index (κ3) is 2.66. The first kappa shape index (κ1) is 13.3. The third-order valence-electron chi connectivity index (χ3n) is 4.07.